The number of thioether (sulfide) groups is 1. The average Bonchev–Trinajstić information content (AvgIpc) is 2.95. The summed E-state index contributed by atoms with van der Waals surface area (Å²) in [6.07, 6.45) is 0. The lowest BCUT2D eigenvalue weighted by molar-refractivity contribution is 0.324. The smallest absolute Gasteiger partial charge is 0.129 e. The molecule has 0 amide bonds. The molecule has 3 aromatic rings. The predicted octanol–water partition coefficient (Wildman–Crippen LogP) is 5.72. The van der Waals surface area contributed by atoms with Gasteiger partial charge in [-0.1, -0.05) is 43.7 Å². The first-order valence-corrected chi connectivity index (χ1v) is 11.0. The van der Waals surface area contributed by atoms with E-state index in [9.17, 15) is 0 Å². The second-order valence-corrected chi connectivity index (χ2v) is 8.82. The van der Waals surface area contributed by atoms with Crippen LogP contribution in [0.1, 0.15) is 30.1 Å². The molecule has 2 heterocycles. The quantitative estimate of drug-likeness (QED) is 0.384. The molecule has 2 aromatic heterocycles. The molecule has 138 valence electrons. The summed E-state index contributed by atoms with van der Waals surface area (Å²) in [6, 6.07) is 8.79. The Bertz CT molecular complexity index is 880. The van der Waals surface area contributed by atoms with E-state index in [0.29, 0.717) is 0 Å². The molecule has 0 unspecified atom stereocenters. The monoisotopic (exact) mass is 385 g/mol. The second-order valence-electron chi connectivity index (χ2n) is 6.53. The lowest BCUT2D eigenvalue weighted by Gasteiger charge is -2.17. The highest BCUT2D eigenvalue weighted by Gasteiger charge is 2.18. The van der Waals surface area contributed by atoms with Gasteiger partial charge in [-0.05, 0) is 39.4 Å². The van der Waals surface area contributed by atoms with Gasteiger partial charge in [0, 0.05) is 22.7 Å². The summed E-state index contributed by atoms with van der Waals surface area (Å²) in [5.41, 5.74) is 3.85. The van der Waals surface area contributed by atoms with E-state index < -0.39 is 0 Å². The highest BCUT2D eigenvalue weighted by Crippen LogP contribution is 2.41. The van der Waals surface area contributed by atoms with Gasteiger partial charge in [-0.2, -0.15) is 0 Å². The van der Waals surface area contributed by atoms with Crippen molar-refractivity contribution in [1.29, 1.82) is 0 Å². The standard InChI is InChI=1S/C21H27N3S2/c1-6-24(7-2)12-13-25-20-19-18(17-10-8-14(3)9-11-17)15(4)26-21(19)23-16(5)22-20/h8-11H,6-7,12-13H2,1-5H3. The molecule has 0 N–H and O–H groups in total. The van der Waals surface area contributed by atoms with E-state index in [4.69, 9.17) is 9.97 Å². The van der Waals surface area contributed by atoms with E-state index in [0.717, 1.165) is 41.1 Å². The van der Waals surface area contributed by atoms with E-state index in [1.165, 1.54) is 27.0 Å². The molecule has 3 nitrogen and oxygen atoms in total. The molecule has 5 heteroatoms. The van der Waals surface area contributed by atoms with Gasteiger partial charge in [0.2, 0.25) is 0 Å². The Kier molecular flexibility index (Phi) is 6.33. The zero-order valence-electron chi connectivity index (χ0n) is 16.3. The Hall–Kier alpha value is -1.43. The molecular formula is C21H27N3S2. The number of nitrogens with zero attached hydrogens (tertiary/aromatic N) is 3. The van der Waals surface area contributed by atoms with Crippen LogP contribution in [0.15, 0.2) is 29.3 Å². The number of hydrogen-bond acceptors (Lipinski definition) is 5. The van der Waals surface area contributed by atoms with Crippen LogP contribution in [0.4, 0.5) is 0 Å². The van der Waals surface area contributed by atoms with Crippen LogP contribution < -0.4 is 0 Å². The van der Waals surface area contributed by atoms with Crippen molar-refractivity contribution in [2.75, 3.05) is 25.4 Å². The number of thiophene rings is 1. The van der Waals surface area contributed by atoms with Crippen LogP contribution in [0.3, 0.4) is 0 Å². The fraction of sp³-hybridized carbons (Fsp3) is 0.429. The predicted molar refractivity (Wildman–Crippen MR) is 116 cm³/mol. The molecule has 1 aromatic carbocycles. The molecule has 0 saturated carbocycles. The van der Waals surface area contributed by atoms with Gasteiger partial charge in [0.25, 0.3) is 0 Å². The van der Waals surface area contributed by atoms with Crippen LogP contribution in [0.2, 0.25) is 0 Å². The van der Waals surface area contributed by atoms with Crippen molar-refractivity contribution in [1.82, 2.24) is 14.9 Å². The maximum Gasteiger partial charge on any atom is 0.129 e. The van der Waals surface area contributed by atoms with E-state index in [2.05, 4.69) is 56.9 Å². The van der Waals surface area contributed by atoms with Crippen LogP contribution in [-0.2, 0) is 0 Å². The van der Waals surface area contributed by atoms with Gasteiger partial charge in [0.05, 0.1) is 5.39 Å². The molecule has 0 saturated heterocycles. The number of aryl methyl sites for hydroxylation is 3. The summed E-state index contributed by atoms with van der Waals surface area (Å²) < 4.78 is 0. The van der Waals surface area contributed by atoms with Crippen molar-refractivity contribution in [3.8, 4) is 11.1 Å². The SMILES string of the molecule is CCN(CC)CCSc1nc(C)nc2sc(C)c(-c3ccc(C)cc3)c12. The van der Waals surface area contributed by atoms with Crippen molar-refractivity contribution in [2.45, 2.75) is 39.6 Å². The summed E-state index contributed by atoms with van der Waals surface area (Å²) >= 11 is 3.64. The lowest BCUT2D eigenvalue weighted by atomic mass is 10.0. The zero-order valence-corrected chi connectivity index (χ0v) is 17.9. The molecular weight excluding hydrogens is 358 g/mol. The molecule has 0 bridgehead atoms. The molecule has 26 heavy (non-hydrogen) atoms. The highest BCUT2D eigenvalue weighted by molar-refractivity contribution is 7.99. The largest absolute Gasteiger partial charge is 0.303 e. The minimum Gasteiger partial charge on any atom is -0.303 e. The van der Waals surface area contributed by atoms with Crippen LogP contribution in [0, 0.1) is 20.8 Å². The van der Waals surface area contributed by atoms with E-state index in [1.807, 2.05) is 18.7 Å². The Morgan fingerprint density at radius 1 is 1.00 bits per heavy atom. The first-order chi connectivity index (χ1) is 12.5. The third kappa shape index (κ3) is 4.11. The zero-order chi connectivity index (χ0) is 18.7. The van der Waals surface area contributed by atoms with Gasteiger partial charge in [-0.25, -0.2) is 9.97 Å². The number of hydrogen-bond donors (Lipinski definition) is 0. The molecule has 0 atom stereocenters. The van der Waals surface area contributed by atoms with Crippen LogP contribution >= 0.6 is 23.1 Å². The Morgan fingerprint density at radius 2 is 1.69 bits per heavy atom. The Balaban J connectivity index is 2.01. The van der Waals surface area contributed by atoms with Crippen LogP contribution in [0.25, 0.3) is 21.3 Å². The topological polar surface area (TPSA) is 29.0 Å². The number of benzene rings is 1. The number of aromatic nitrogens is 2. The van der Waals surface area contributed by atoms with E-state index in [1.54, 1.807) is 11.3 Å². The first kappa shape index (κ1) is 19.3. The molecule has 0 fully saturated rings. The summed E-state index contributed by atoms with van der Waals surface area (Å²) in [6.45, 7) is 14.0. The van der Waals surface area contributed by atoms with Crippen molar-refractivity contribution >= 4 is 33.3 Å². The lowest BCUT2D eigenvalue weighted by Crippen LogP contribution is -2.25. The van der Waals surface area contributed by atoms with Crippen LogP contribution in [-0.4, -0.2) is 40.3 Å². The highest BCUT2D eigenvalue weighted by atomic mass is 32.2. The maximum atomic E-state index is 4.81. The van der Waals surface area contributed by atoms with E-state index in [-0.39, 0.29) is 0 Å². The summed E-state index contributed by atoms with van der Waals surface area (Å²) in [7, 11) is 0. The van der Waals surface area contributed by atoms with Crippen molar-refractivity contribution in [2.24, 2.45) is 0 Å². The van der Waals surface area contributed by atoms with Gasteiger partial charge < -0.3 is 4.90 Å². The van der Waals surface area contributed by atoms with Gasteiger partial charge in [0.15, 0.2) is 0 Å². The summed E-state index contributed by atoms with van der Waals surface area (Å²) in [5, 5.41) is 2.35. The normalized spacial score (nSPS) is 11.6. The first-order valence-electron chi connectivity index (χ1n) is 9.23. The molecule has 0 aliphatic heterocycles. The van der Waals surface area contributed by atoms with Crippen molar-refractivity contribution in [3.63, 3.8) is 0 Å². The molecule has 3 rings (SSSR count). The van der Waals surface area contributed by atoms with Gasteiger partial charge >= 0.3 is 0 Å². The maximum absolute atomic E-state index is 4.81. The van der Waals surface area contributed by atoms with Gasteiger partial charge in [-0.15, -0.1) is 23.1 Å². The summed E-state index contributed by atoms with van der Waals surface area (Å²) in [5.74, 6) is 1.91. The van der Waals surface area contributed by atoms with E-state index >= 15 is 0 Å². The molecule has 0 aliphatic carbocycles. The number of rotatable bonds is 7. The third-order valence-electron chi connectivity index (χ3n) is 4.69. The van der Waals surface area contributed by atoms with Gasteiger partial charge in [0.1, 0.15) is 15.7 Å². The fourth-order valence-corrected chi connectivity index (χ4v) is 5.40. The van der Waals surface area contributed by atoms with Crippen LogP contribution in [0.5, 0.6) is 0 Å². The molecule has 0 aliphatic rings. The Labute approximate surface area is 164 Å². The molecule has 0 spiro atoms. The fourth-order valence-electron chi connectivity index (χ4n) is 3.17. The Morgan fingerprint density at radius 3 is 2.35 bits per heavy atom. The van der Waals surface area contributed by atoms with Crippen molar-refractivity contribution < 1.29 is 0 Å². The minimum atomic E-state index is 0.861. The minimum absolute atomic E-state index is 0.861. The third-order valence-corrected chi connectivity index (χ3v) is 6.64. The summed E-state index contributed by atoms with van der Waals surface area (Å²) in [4.78, 5) is 14.4. The average molecular weight is 386 g/mol. The second kappa shape index (κ2) is 8.51. The van der Waals surface area contributed by atoms with Gasteiger partial charge in [-0.3, -0.25) is 0 Å². The molecule has 0 radical (unpaired) electrons. The van der Waals surface area contributed by atoms with Crippen molar-refractivity contribution in [3.05, 3.63) is 40.5 Å². The number of fused-ring (bicyclic) bond motifs is 1.